The molecule has 1 aromatic carbocycles. The van der Waals surface area contributed by atoms with Crippen LogP contribution in [0.15, 0.2) is 24.4 Å². The van der Waals surface area contributed by atoms with E-state index in [0.717, 1.165) is 24.0 Å². The Hall–Kier alpha value is -3.49. The SMILES string of the molecule is O=C1CCC(N2Cc3cc(NC(=O)c4[nH]ncc4C4CCC4)ccc3C2=O)C(=O)N1. The van der Waals surface area contributed by atoms with Gasteiger partial charge in [0.15, 0.2) is 0 Å². The number of hydrogen-bond donors (Lipinski definition) is 3. The number of fused-ring (bicyclic) bond motifs is 1. The van der Waals surface area contributed by atoms with E-state index in [2.05, 4.69) is 20.8 Å². The van der Waals surface area contributed by atoms with Crippen molar-refractivity contribution in [1.29, 1.82) is 0 Å². The molecule has 30 heavy (non-hydrogen) atoms. The molecule has 0 radical (unpaired) electrons. The molecule has 1 saturated heterocycles. The monoisotopic (exact) mass is 407 g/mol. The van der Waals surface area contributed by atoms with Gasteiger partial charge in [-0.2, -0.15) is 5.10 Å². The Balaban J connectivity index is 1.32. The van der Waals surface area contributed by atoms with Gasteiger partial charge in [-0.15, -0.1) is 0 Å². The fourth-order valence-corrected chi connectivity index (χ4v) is 4.35. The van der Waals surface area contributed by atoms with Crippen LogP contribution in [0.4, 0.5) is 5.69 Å². The van der Waals surface area contributed by atoms with Crippen LogP contribution in [-0.4, -0.2) is 44.8 Å². The molecule has 154 valence electrons. The highest BCUT2D eigenvalue weighted by molar-refractivity contribution is 6.07. The lowest BCUT2D eigenvalue weighted by atomic mass is 9.80. The number of aromatic amines is 1. The van der Waals surface area contributed by atoms with Gasteiger partial charge in [0.05, 0.1) is 6.20 Å². The fraction of sp³-hybridized carbons (Fsp3) is 0.381. The molecule has 9 nitrogen and oxygen atoms in total. The molecule has 1 unspecified atom stereocenters. The fourth-order valence-electron chi connectivity index (χ4n) is 4.35. The van der Waals surface area contributed by atoms with Crippen molar-refractivity contribution in [2.24, 2.45) is 0 Å². The number of H-pyrrole nitrogens is 1. The highest BCUT2D eigenvalue weighted by Crippen LogP contribution is 2.37. The first-order valence-electron chi connectivity index (χ1n) is 10.1. The molecular formula is C21H21N5O4. The second-order valence-electron chi connectivity index (χ2n) is 8.05. The maximum Gasteiger partial charge on any atom is 0.273 e. The summed E-state index contributed by atoms with van der Waals surface area (Å²) >= 11 is 0. The average molecular weight is 407 g/mol. The summed E-state index contributed by atoms with van der Waals surface area (Å²) in [7, 11) is 0. The lowest BCUT2D eigenvalue weighted by Gasteiger charge is -2.29. The Labute approximate surface area is 172 Å². The Bertz CT molecular complexity index is 1070. The number of nitrogens with one attached hydrogen (secondary N) is 3. The van der Waals surface area contributed by atoms with Gasteiger partial charge in [0.2, 0.25) is 11.8 Å². The van der Waals surface area contributed by atoms with Gasteiger partial charge in [0, 0.05) is 29.8 Å². The number of carbonyl (C=O) groups is 4. The first kappa shape index (κ1) is 18.5. The lowest BCUT2D eigenvalue weighted by molar-refractivity contribution is -0.136. The van der Waals surface area contributed by atoms with Crippen LogP contribution in [0.5, 0.6) is 0 Å². The molecule has 1 aliphatic carbocycles. The largest absolute Gasteiger partial charge is 0.322 e. The van der Waals surface area contributed by atoms with Gasteiger partial charge in [-0.25, -0.2) is 0 Å². The van der Waals surface area contributed by atoms with Crippen LogP contribution in [0, 0.1) is 0 Å². The molecule has 2 aliphatic heterocycles. The minimum atomic E-state index is -0.657. The van der Waals surface area contributed by atoms with Crippen molar-refractivity contribution in [1.82, 2.24) is 20.4 Å². The van der Waals surface area contributed by atoms with E-state index in [4.69, 9.17) is 0 Å². The van der Waals surface area contributed by atoms with Crippen LogP contribution < -0.4 is 10.6 Å². The van der Waals surface area contributed by atoms with Crippen molar-refractivity contribution >= 4 is 29.3 Å². The summed E-state index contributed by atoms with van der Waals surface area (Å²) in [6, 6.07) is 4.45. The summed E-state index contributed by atoms with van der Waals surface area (Å²) in [6.45, 7) is 0.265. The van der Waals surface area contributed by atoms with Crippen molar-refractivity contribution < 1.29 is 19.2 Å². The molecule has 4 amide bonds. The van der Waals surface area contributed by atoms with Crippen molar-refractivity contribution in [3.05, 3.63) is 46.8 Å². The summed E-state index contributed by atoms with van der Waals surface area (Å²) in [5.41, 5.74) is 3.24. The van der Waals surface area contributed by atoms with Crippen LogP contribution in [-0.2, 0) is 16.1 Å². The number of amides is 4. The molecular weight excluding hydrogens is 386 g/mol. The molecule has 2 fully saturated rings. The van der Waals surface area contributed by atoms with E-state index in [0.29, 0.717) is 29.3 Å². The average Bonchev–Trinajstić information content (AvgIpc) is 3.26. The van der Waals surface area contributed by atoms with Gasteiger partial charge in [-0.3, -0.25) is 29.6 Å². The maximum atomic E-state index is 12.8. The summed E-state index contributed by atoms with van der Waals surface area (Å²) in [6.07, 6.45) is 5.55. The topological polar surface area (TPSA) is 124 Å². The zero-order chi connectivity index (χ0) is 20.8. The number of nitrogens with zero attached hydrogens (tertiary/aromatic N) is 2. The number of aromatic nitrogens is 2. The van der Waals surface area contributed by atoms with Gasteiger partial charge in [-0.1, -0.05) is 6.42 Å². The standard InChI is InChI=1S/C21H21N5O4/c27-17-7-6-16(19(28)24-17)26-10-12-8-13(4-5-14(12)21(26)30)23-20(29)18-15(9-22-25-18)11-2-1-3-11/h4-5,8-9,11,16H,1-3,6-7,10H2,(H,22,25)(H,23,29)(H,24,27,28). The number of carbonyl (C=O) groups excluding carboxylic acids is 4. The van der Waals surface area contributed by atoms with Crippen LogP contribution >= 0.6 is 0 Å². The summed E-state index contributed by atoms with van der Waals surface area (Å²) in [4.78, 5) is 50.5. The number of anilines is 1. The molecule has 1 atom stereocenters. The molecule has 0 spiro atoms. The Morgan fingerprint density at radius 2 is 2.00 bits per heavy atom. The van der Waals surface area contributed by atoms with E-state index >= 15 is 0 Å². The quantitative estimate of drug-likeness (QED) is 0.666. The molecule has 1 aromatic heterocycles. The highest BCUT2D eigenvalue weighted by atomic mass is 16.2. The summed E-state index contributed by atoms with van der Waals surface area (Å²) in [5.74, 6) is -0.877. The van der Waals surface area contributed by atoms with Crippen LogP contribution in [0.3, 0.4) is 0 Å². The van der Waals surface area contributed by atoms with Gasteiger partial charge in [-0.05, 0) is 48.9 Å². The third kappa shape index (κ3) is 3.06. The highest BCUT2D eigenvalue weighted by Gasteiger charge is 2.39. The number of benzene rings is 1. The van der Waals surface area contributed by atoms with Crippen molar-refractivity contribution in [3.63, 3.8) is 0 Å². The van der Waals surface area contributed by atoms with Crippen LogP contribution in [0.1, 0.15) is 70.0 Å². The van der Waals surface area contributed by atoms with Crippen LogP contribution in [0.25, 0.3) is 0 Å². The van der Waals surface area contributed by atoms with Gasteiger partial charge in [0.1, 0.15) is 11.7 Å². The Morgan fingerprint density at radius 3 is 2.73 bits per heavy atom. The molecule has 3 N–H and O–H groups in total. The van der Waals surface area contributed by atoms with E-state index in [9.17, 15) is 19.2 Å². The van der Waals surface area contributed by atoms with E-state index in [1.807, 2.05) is 0 Å². The zero-order valence-electron chi connectivity index (χ0n) is 16.2. The van der Waals surface area contributed by atoms with E-state index in [1.165, 1.54) is 11.3 Å². The first-order valence-corrected chi connectivity index (χ1v) is 10.1. The van der Waals surface area contributed by atoms with Crippen LogP contribution in [0.2, 0.25) is 0 Å². The summed E-state index contributed by atoms with van der Waals surface area (Å²) < 4.78 is 0. The maximum absolute atomic E-state index is 12.8. The molecule has 9 heteroatoms. The lowest BCUT2D eigenvalue weighted by Crippen LogP contribution is -2.52. The predicted octanol–water partition coefficient (Wildman–Crippen LogP) is 1.69. The zero-order valence-corrected chi connectivity index (χ0v) is 16.2. The third-order valence-electron chi connectivity index (χ3n) is 6.22. The molecule has 1 saturated carbocycles. The molecule has 3 heterocycles. The van der Waals surface area contributed by atoms with Crippen molar-refractivity contribution in [2.45, 2.75) is 50.6 Å². The molecule has 2 aromatic rings. The number of imide groups is 1. The normalized spacial score (nSPS) is 21.3. The number of piperidine rings is 1. The summed E-state index contributed by atoms with van der Waals surface area (Å²) in [5, 5.41) is 12.0. The minimum absolute atomic E-state index is 0.214. The van der Waals surface area contributed by atoms with E-state index in [-0.39, 0.29) is 30.7 Å². The number of hydrogen-bond acceptors (Lipinski definition) is 5. The van der Waals surface area contributed by atoms with Gasteiger partial charge in [0.25, 0.3) is 11.8 Å². The van der Waals surface area contributed by atoms with E-state index < -0.39 is 11.9 Å². The van der Waals surface area contributed by atoms with Gasteiger partial charge >= 0.3 is 0 Å². The smallest absolute Gasteiger partial charge is 0.273 e. The molecule has 5 rings (SSSR count). The second-order valence-corrected chi connectivity index (χ2v) is 8.05. The van der Waals surface area contributed by atoms with Crippen molar-refractivity contribution in [2.75, 3.05) is 5.32 Å². The first-order chi connectivity index (χ1) is 14.5. The van der Waals surface area contributed by atoms with Crippen molar-refractivity contribution in [3.8, 4) is 0 Å². The predicted molar refractivity (Wildman–Crippen MR) is 106 cm³/mol. The molecule has 0 bridgehead atoms. The Morgan fingerprint density at radius 1 is 1.17 bits per heavy atom. The Kier molecular flexibility index (Phi) is 4.38. The number of rotatable bonds is 4. The van der Waals surface area contributed by atoms with Gasteiger partial charge < -0.3 is 10.2 Å². The molecule has 3 aliphatic rings. The minimum Gasteiger partial charge on any atom is -0.322 e. The van der Waals surface area contributed by atoms with E-state index in [1.54, 1.807) is 24.4 Å². The second kappa shape index (κ2) is 7.08. The third-order valence-corrected chi connectivity index (χ3v) is 6.22.